The van der Waals surface area contributed by atoms with E-state index in [1.165, 1.54) is 44.9 Å². The molecule has 3 saturated carbocycles. The fraction of sp³-hybridized carbons (Fsp3) is 1.00. The molecule has 0 amide bonds. The Morgan fingerprint density at radius 2 is 1.95 bits per heavy atom. The number of aliphatic hydroxyl groups is 2. The lowest BCUT2D eigenvalue weighted by Gasteiger charge is -2.52. The van der Waals surface area contributed by atoms with Crippen LogP contribution >= 0.6 is 0 Å². The summed E-state index contributed by atoms with van der Waals surface area (Å²) in [6.45, 7) is 4.84. The fourth-order valence-corrected chi connectivity index (χ4v) is 6.35. The zero-order valence-electron chi connectivity index (χ0n) is 13.2. The van der Waals surface area contributed by atoms with Crippen LogP contribution < -0.4 is 0 Å². The van der Waals surface area contributed by atoms with E-state index >= 15 is 0 Å². The molecule has 0 aromatic carbocycles. The number of aliphatic hydroxyl groups excluding tert-OH is 2. The van der Waals surface area contributed by atoms with E-state index in [-0.39, 0.29) is 6.10 Å². The minimum absolute atomic E-state index is 0.132. The molecule has 116 valence electrons. The van der Waals surface area contributed by atoms with Crippen LogP contribution in [0, 0.1) is 35.0 Å². The Morgan fingerprint density at radius 1 is 1.15 bits per heavy atom. The van der Waals surface area contributed by atoms with Crippen LogP contribution in [0.4, 0.5) is 0 Å². The van der Waals surface area contributed by atoms with Crippen LogP contribution in [-0.2, 0) is 0 Å². The van der Waals surface area contributed by atoms with Crippen molar-refractivity contribution in [1.29, 1.82) is 0 Å². The Balaban J connectivity index is 1.72. The summed E-state index contributed by atoms with van der Waals surface area (Å²) in [5.74, 6) is 3.98. The SMILES string of the molecule is CC(O)C1CCC2C3CCC(CCO)CC3CCC12C. The number of fused-ring (bicyclic) bond motifs is 3. The van der Waals surface area contributed by atoms with E-state index in [1.807, 2.05) is 6.92 Å². The first-order valence-electron chi connectivity index (χ1n) is 8.85. The topological polar surface area (TPSA) is 40.5 Å². The van der Waals surface area contributed by atoms with Gasteiger partial charge in [0.1, 0.15) is 0 Å². The Bertz CT molecular complexity index is 340. The zero-order valence-corrected chi connectivity index (χ0v) is 13.2. The number of hydrogen-bond donors (Lipinski definition) is 2. The molecule has 7 atom stereocenters. The van der Waals surface area contributed by atoms with E-state index < -0.39 is 0 Å². The smallest absolute Gasteiger partial charge is 0.0545 e. The normalized spacial score (nSPS) is 49.5. The summed E-state index contributed by atoms with van der Waals surface area (Å²) in [4.78, 5) is 0. The molecule has 0 aromatic heterocycles. The van der Waals surface area contributed by atoms with Crippen LogP contribution in [0.15, 0.2) is 0 Å². The van der Waals surface area contributed by atoms with E-state index in [1.54, 1.807) is 0 Å². The molecule has 2 N–H and O–H groups in total. The predicted octanol–water partition coefficient (Wildman–Crippen LogP) is 3.61. The minimum atomic E-state index is -0.132. The molecular formula is C18H32O2. The molecule has 0 aliphatic heterocycles. The molecule has 2 heteroatoms. The van der Waals surface area contributed by atoms with Crippen molar-refractivity contribution in [3.8, 4) is 0 Å². The first-order valence-corrected chi connectivity index (χ1v) is 8.85. The highest BCUT2D eigenvalue weighted by Gasteiger charge is 2.55. The van der Waals surface area contributed by atoms with Gasteiger partial charge in [0.05, 0.1) is 6.10 Å². The molecule has 0 aromatic rings. The van der Waals surface area contributed by atoms with Gasteiger partial charge in [-0.15, -0.1) is 0 Å². The van der Waals surface area contributed by atoms with Crippen LogP contribution in [-0.4, -0.2) is 22.9 Å². The Kier molecular flexibility index (Phi) is 4.16. The zero-order chi connectivity index (χ0) is 14.3. The average Bonchev–Trinajstić information content (AvgIpc) is 2.77. The van der Waals surface area contributed by atoms with Gasteiger partial charge in [0, 0.05) is 6.61 Å². The summed E-state index contributed by atoms with van der Waals surface area (Å²) < 4.78 is 0. The van der Waals surface area contributed by atoms with Crippen molar-refractivity contribution >= 4 is 0 Å². The summed E-state index contributed by atoms with van der Waals surface area (Å²) in [7, 11) is 0. The van der Waals surface area contributed by atoms with Gasteiger partial charge in [0.25, 0.3) is 0 Å². The van der Waals surface area contributed by atoms with Crippen LogP contribution in [0.5, 0.6) is 0 Å². The molecule has 3 aliphatic carbocycles. The molecule has 0 saturated heterocycles. The van der Waals surface area contributed by atoms with Gasteiger partial charge < -0.3 is 10.2 Å². The second-order valence-electron chi connectivity index (χ2n) is 8.19. The molecular weight excluding hydrogens is 248 g/mol. The van der Waals surface area contributed by atoms with Gasteiger partial charge in [-0.1, -0.05) is 13.3 Å². The third-order valence-electron chi connectivity index (χ3n) is 7.32. The second-order valence-corrected chi connectivity index (χ2v) is 8.19. The van der Waals surface area contributed by atoms with Crippen LogP contribution in [0.25, 0.3) is 0 Å². The molecule has 3 fully saturated rings. The first kappa shape index (κ1) is 14.8. The van der Waals surface area contributed by atoms with Gasteiger partial charge in [0.2, 0.25) is 0 Å². The highest BCUT2D eigenvalue weighted by Crippen LogP contribution is 2.62. The van der Waals surface area contributed by atoms with E-state index in [0.29, 0.717) is 17.9 Å². The van der Waals surface area contributed by atoms with Crippen molar-refractivity contribution in [2.24, 2.45) is 35.0 Å². The monoisotopic (exact) mass is 280 g/mol. The molecule has 3 rings (SSSR count). The molecule has 20 heavy (non-hydrogen) atoms. The standard InChI is InChI=1S/C18H32O2/c1-12(20)16-5-6-17-15-4-3-13(8-10-19)11-14(15)7-9-18(16,17)2/h12-17,19-20H,3-11H2,1-2H3. The Labute approximate surface area is 124 Å². The lowest BCUT2D eigenvalue weighted by molar-refractivity contribution is -0.0489. The van der Waals surface area contributed by atoms with Crippen molar-refractivity contribution in [1.82, 2.24) is 0 Å². The van der Waals surface area contributed by atoms with Crippen molar-refractivity contribution in [3.63, 3.8) is 0 Å². The second kappa shape index (κ2) is 5.61. The maximum atomic E-state index is 10.1. The van der Waals surface area contributed by atoms with Gasteiger partial charge in [-0.3, -0.25) is 0 Å². The number of rotatable bonds is 3. The summed E-state index contributed by atoms with van der Waals surface area (Å²) in [6, 6.07) is 0. The molecule has 2 nitrogen and oxygen atoms in total. The van der Waals surface area contributed by atoms with Gasteiger partial charge in [-0.25, -0.2) is 0 Å². The molecule has 0 spiro atoms. The Morgan fingerprint density at radius 3 is 2.65 bits per heavy atom. The highest BCUT2D eigenvalue weighted by molar-refractivity contribution is 5.04. The van der Waals surface area contributed by atoms with E-state index in [9.17, 15) is 10.2 Å². The fourth-order valence-electron chi connectivity index (χ4n) is 6.35. The third-order valence-corrected chi connectivity index (χ3v) is 7.32. The summed E-state index contributed by atoms with van der Waals surface area (Å²) >= 11 is 0. The van der Waals surface area contributed by atoms with Crippen LogP contribution in [0.2, 0.25) is 0 Å². The maximum absolute atomic E-state index is 10.1. The van der Waals surface area contributed by atoms with Crippen LogP contribution in [0.3, 0.4) is 0 Å². The van der Waals surface area contributed by atoms with Gasteiger partial charge >= 0.3 is 0 Å². The van der Waals surface area contributed by atoms with E-state index in [4.69, 9.17) is 0 Å². The molecule has 7 unspecified atom stereocenters. The van der Waals surface area contributed by atoms with Gasteiger partial charge in [-0.2, -0.15) is 0 Å². The maximum Gasteiger partial charge on any atom is 0.0545 e. The molecule has 3 aliphatic rings. The van der Waals surface area contributed by atoms with Crippen molar-refractivity contribution < 1.29 is 10.2 Å². The molecule has 0 radical (unpaired) electrons. The molecule has 0 heterocycles. The summed E-state index contributed by atoms with van der Waals surface area (Å²) in [5, 5.41) is 19.3. The summed E-state index contributed by atoms with van der Waals surface area (Å²) in [6.07, 6.45) is 10.2. The average molecular weight is 280 g/mol. The number of hydrogen-bond acceptors (Lipinski definition) is 2. The summed E-state index contributed by atoms with van der Waals surface area (Å²) in [5.41, 5.74) is 0.402. The van der Waals surface area contributed by atoms with Gasteiger partial charge in [0.15, 0.2) is 0 Å². The predicted molar refractivity (Wildman–Crippen MR) is 81.3 cm³/mol. The molecule has 0 bridgehead atoms. The van der Waals surface area contributed by atoms with E-state index in [2.05, 4.69) is 6.92 Å². The minimum Gasteiger partial charge on any atom is -0.396 e. The lowest BCUT2D eigenvalue weighted by Crippen LogP contribution is -2.45. The van der Waals surface area contributed by atoms with Crippen molar-refractivity contribution in [2.75, 3.05) is 6.61 Å². The lowest BCUT2D eigenvalue weighted by atomic mass is 9.53. The van der Waals surface area contributed by atoms with Gasteiger partial charge in [-0.05, 0) is 86.9 Å². The van der Waals surface area contributed by atoms with Crippen LogP contribution in [0.1, 0.15) is 65.2 Å². The Hall–Kier alpha value is -0.0800. The quantitative estimate of drug-likeness (QED) is 0.829. The van der Waals surface area contributed by atoms with E-state index in [0.717, 1.165) is 30.1 Å². The van der Waals surface area contributed by atoms with Crippen molar-refractivity contribution in [3.05, 3.63) is 0 Å². The largest absolute Gasteiger partial charge is 0.396 e. The third kappa shape index (κ3) is 2.33. The first-order chi connectivity index (χ1) is 9.56. The highest BCUT2D eigenvalue weighted by atomic mass is 16.3. The van der Waals surface area contributed by atoms with Crippen molar-refractivity contribution in [2.45, 2.75) is 71.3 Å².